The highest BCUT2D eigenvalue weighted by Gasteiger charge is 2.28. The van der Waals surface area contributed by atoms with E-state index in [1.165, 1.54) is 0 Å². The zero-order valence-corrected chi connectivity index (χ0v) is 17.8. The maximum Gasteiger partial charge on any atom is 0.0621 e. The Balaban J connectivity index is 1.74. The molecule has 5 heterocycles. The molecule has 5 rings (SSSR count). The third-order valence-electron chi connectivity index (χ3n) is 4.23. The first-order chi connectivity index (χ1) is 12.4. The largest absolute Gasteiger partial charge is 0.183 e. The minimum absolute atomic E-state index is 0.271. The van der Waals surface area contributed by atoms with Gasteiger partial charge in [0.1, 0.15) is 0 Å². The predicted molar refractivity (Wildman–Crippen MR) is 126 cm³/mol. The smallest absolute Gasteiger partial charge is 0.0621 e. The molecule has 1 aromatic rings. The van der Waals surface area contributed by atoms with Crippen molar-refractivity contribution in [3.63, 3.8) is 0 Å². The highest BCUT2D eigenvalue weighted by Crippen LogP contribution is 2.68. The van der Waals surface area contributed by atoms with Crippen LogP contribution in [0.5, 0.6) is 0 Å². The first-order valence-electron chi connectivity index (χ1n) is 8.12. The van der Waals surface area contributed by atoms with Gasteiger partial charge in [-0.15, -0.1) is 11.3 Å². The lowest BCUT2D eigenvalue weighted by Crippen LogP contribution is -1.84. The summed E-state index contributed by atoms with van der Waals surface area (Å²) < 4.78 is 3.28. The Morgan fingerprint density at radius 1 is 0.400 bits per heavy atom. The lowest BCUT2D eigenvalue weighted by Gasteiger charge is -2.22. The number of thiol groups is 4. The fourth-order valence-corrected chi connectivity index (χ4v) is 15.0. The molecule has 1 aromatic heterocycles. The first kappa shape index (κ1) is 16.2. The molecule has 0 saturated heterocycles. The van der Waals surface area contributed by atoms with Gasteiger partial charge in [0.25, 0.3) is 0 Å². The summed E-state index contributed by atoms with van der Waals surface area (Å²) in [6, 6.07) is 0. The molecular formula is C20H20S5. The van der Waals surface area contributed by atoms with Gasteiger partial charge in [-0.05, 0) is 43.3 Å². The van der Waals surface area contributed by atoms with Crippen LogP contribution in [0.3, 0.4) is 0 Å². The molecule has 0 aromatic carbocycles. The van der Waals surface area contributed by atoms with Crippen molar-refractivity contribution >= 4 is 54.9 Å². The summed E-state index contributed by atoms with van der Waals surface area (Å²) in [6.07, 6.45) is 17.8. The maximum atomic E-state index is 2.43. The monoisotopic (exact) mass is 420 g/mol. The van der Waals surface area contributed by atoms with E-state index in [0.717, 1.165) is 0 Å². The van der Waals surface area contributed by atoms with Gasteiger partial charge in [-0.2, -0.15) is 43.6 Å². The average Bonchev–Trinajstić information content (AvgIpc) is 3.48. The van der Waals surface area contributed by atoms with Crippen LogP contribution in [0.2, 0.25) is 0 Å². The zero-order valence-electron chi connectivity index (χ0n) is 13.4. The Labute approximate surface area is 164 Å². The highest BCUT2D eigenvalue weighted by molar-refractivity contribution is 8.28. The van der Waals surface area contributed by atoms with E-state index in [1.54, 1.807) is 18.2 Å². The fraction of sp³-hybridized carbons (Fsp3) is 0. The van der Waals surface area contributed by atoms with Crippen LogP contribution in [-0.4, -0.2) is 0 Å². The normalized spacial score (nSPS) is 25.0. The molecule has 0 N–H and O–H groups in total. The molecular weight excluding hydrogens is 401 g/mol. The van der Waals surface area contributed by atoms with Crippen molar-refractivity contribution in [1.29, 1.82) is 0 Å². The molecule has 0 atom stereocenters. The second-order valence-corrected chi connectivity index (χ2v) is 14.8. The predicted octanol–water partition coefficient (Wildman–Crippen LogP) is 7.35. The average molecular weight is 421 g/mol. The van der Waals surface area contributed by atoms with E-state index in [0.29, 0.717) is 0 Å². The molecule has 0 saturated carbocycles. The van der Waals surface area contributed by atoms with Crippen molar-refractivity contribution < 1.29 is 0 Å². The molecule has 0 bridgehead atoms. The minimum Gasteiger partial charge on any atom is -0.183 e. The van der Waals surface area contributed by atoms with Crippen LogP contribution in [0.4, 0.5) is 0 Å². The van der Waals surface area contributed by atoms with Gasteiger partial charge < -0.3 is 0 Å². The Morgan fingerprint density at radius 3 is 1.00 bits per heavy atom. The van der Waals surface area contributed by atoms with Crippen LogP contribution in [0.15, 0.2) is 110 Å². The van der Waals surface area contributed by atoms with E-state index >= 15 is 0 Å². The lowest BCUT2D eigenvalue weighted by atomic mass is 10.6. The molecule has 0 radical (unpaired) electrons. The van der Waals surface area contributed by atoms with E-state index in [4.69, 9.17) is 0 Å². The number of hydrogen-bond acceptors (Lipinski definition) is 1. The van der Waals surface area contributed by atoms with Crippen LogP contribution >= 0.6 is 54.9 Å². The van der Waals surface area contributed by atoms with E-state index in [9.17, 15) is 0 Å². The number of hydrogen-bond donors (Lipinski definition) is 4. The van der Waals surface area contributed by atoms with Gasteiger partial charge in [0.15, 0.2) is 0 Å². The van der Waals surface area contributed by atoms with Crippen molar-refractivity contribution in [2.24, 2.45) is 0 Å². The second kappa shape index (κ2) is 6.97. The molecule has 0 fully saturated rings. The van der Waals surface area contributed by atoms with Crippen molar-refractivity contribution in [3.8, 4) is 0 Å². The first-order valence-corrected chi connectivity index (χ1v) is 14.9. The Kier molecular flexibility index (Phi) is 4.52. The summed E-state index contributed by atoms with van der Waals surface area (Å²) in [6.45, 7) is 0. The summed E-state index contributed by atoms with van der Waals surface area (Å²) in [5, 5.41) is 19.4. The Morgan fingerprint density at radius 2 is 0.680 bits per heavy atom. The Bertz CT molecular complexity index is 813. The van der Waals surface area contributed by atoms with Gasteiger partial charge in [0.2, 0.25) is 0 Å². The molecule has 4 aliphatic rings. The van der Waals surface area contributed by atoms with E-state index in [2.05, 4.69) is 103 Å². The second-order valence-electron chi connectivity index (χ2n) is 5.77. The molecule has 0 aliphatic carbocycles. The van der Waals surface area contributed by atoms with Crippen LogP contribution in [0.25, 0.3) is 0 Å². The van der Waals surface area contributed by atoms with Gasteiger partial charge >= 0.3 is 0 Å². The highest BCUT2D eigenvalue weighted by atomic mass is 32.2. The van der Waals surface area contributed by atoms with Crippen molar-refractivity contribution in [2.45, 2.75) is 18.2 Å². The van der Waals surface area contributed by atoms with Gasteiger partial charge in [-0.1, -0.05) is 48.6 Å². The zero-order chi connectivity index (χ0) is 16.6. The molecule has 0 amide bonds. The van der Waals surface area contributed by atoms with Gasteiger partial charge in [-0.25, -0.2) is 0 Å². The maximum absolute atomic E-state index is 2.43. The van der Waals surface area contributed by atoms with Crippen LogP contribution in [0.1, 0.15) is 0 Å². The summed E-state index contributed by atoms with van der Waals surface area (Å²) in [7, 11) is -1.14. The van der Waals surface area contributed by atoms with Crippen molar-refractivity contribution in [1.82, 2.24) is 0 Å². The van der Waals surface area contributed by atoms with E-state index in [1.807, 2.05) is 0 Å². The minimum atomic E-state index is -0.299. The third-order valence-corrected chi connectivity index (χ3v) is 14.9. The summed E-state index contributed by atoms with van der Waals surface area (Å²) in [5.41, 5.74) is 0. The third kappa shape index (κ3) is 2.92. The number of allylic oxidation sites excluding steroid dienone is 8. The van der Waals surface area contributed by atoms with E-state index < -0.39 is 0 Å². The summed E-state index contributed by atoms with van der Waals surface area (Å²) in [5.74, 6) is 0. The molecule has 0 spiro atoms. The Hall–Kier alpha value is -0.980. The topological polar surface area (TPSA) is 0 Å². The fourth-order valence-electron chi connectivity index (χ4n) is 3.11. The number of thiophene rings is 1. The van der Waals surface area contributed by atoms with E-state index in [-0.39, 0.29) is 43.6 Å². The molecule has 25 heavy (non-hydrogen) atoms. The molecule has 0 unspecified atom stereocenters. The molecule has 5 heteroatoms. The van der Waals surface area contributed by atoms with Gasteiger partial charge in [0.05, 0.1) is 8.42 Å². The van der Waals surface area contributed by atoms with Crippen molar-refractivity contribution in [2.75, 3.05) is 0 Å². The van der Waals surface area contributed by atoms with Gasteiger partial charge in [-0.3, -0.25) is 0 Å². The molecule has 0 nitrogen and oxygen atoms in total. The standard InChI is InChI=1S/C20H20S5/c1-2-10-22(9-1)17-18(23-11-3-4-12-23)20(25-15-7-8-16-25)21-19(17)24-13-5-6-14-24/h1-16,22-25H. The number of rotatable bonds is 4. The van der Waals surface area contributed by atoms with Crippen LogP contribution in [-0.2, 0) is 0 Å². The quantitative estimate of drug-likeness (QED) is 0.360. The van der Waals surface area contributed by atoms with Gasteiger partial charge in [0, 0.05) is 9.79 Å². The summed E-state index contributed by atoms with van der Waals surface area (Å²) >= 11 is 2.10. The SMILES string of the molecule is C1=C[SH](c2sc([SH]3C=CC=C3)c([SH]3C=CC=C3)c2[SH]2C=CC=C2)C=C1. The lowest BCUT2D eigenvalue weighted by molar-refractivity contribution is 1.17. The molecule has 4 aliphatic heterocycles. The van der Waals surface area contributed by atoms with Crippen LogP contribution in [0, 0.1) is 0 Å². The summed E-state index contributed by atoms with van der Waals surface area (Å²) in [4.78, 5) is 3.33. The molecule has 130 valence electrons. The van der Waals surface area contributed by atoms with Crippen molar-refractivity contribution in [3.05, 3.63) is 91.9 Å². The van der Waals surface area contributed by atoms with Crippen LogP contribution < -0.4 is 0 Å².